The summed E-state index contributed by atoms with van der Waals surface area (Å²) in [7, 11) is 0. The summed E-state index contributed by atoms with van der Waals surface area (Å²) < 4.78 is 1.18. The van der Waals surface area contributed by atoms with Gasteiger partial charge in [0.15, 0.2) is 5.43 Å². The van der Waals surface area contributed by atoms with Crippen LogP contribution in [0.1, 0.15) is 20.8 Å². The average molecular weight is 385 g/mol. The van der Waals surface area contributed by atoms with E-state index in [-0.39, 0.29) is 17.2 Å². The van der Waals surface area contributed by atoms with Gasteiger partial charge in [0.1, 0.15) is 4.70 Å². The van der Waals surface area contributed by atoms with Gasteiger partial charge in [0.25, 0.3) is 5.69 Å². The number of nitrogens with one attached hydrogen (secondary N) is 1. The first-order chi connectivity index (χ1) is 13.0. The standard InChI is InChI=1S/C20H23N3O3S/c1-4-22(5-2)12-13(3)21-15-10-11-16(23(25)26)20-18(15)19(24)14-8-6-7-9-17(14)27-20/h6-11,13,21H,4-5,12H2,1-3H3/t13-/m0/s1. The quantitative estimate of drug-likeness (QED) is 0.369. The molecule has 0 bridgehead atoms. The topological polar surface area (TPSA) is 75.5 Å². The van der Waals surface area contributed by atoms with Crippen LogP contribution in [0.25, 0.3) is 20.2 Å². The lowest BCUT2D eigenvalue weighted by atomic mass is 10.1. The SMILES string of the molecule is CCN(CC)C[C@H](C)Nc1ccc([N+](=O)[O-])c2sc3ccccc3c(=O)c12. The molecule has 1 heterocycles. The summed E-state index contributed by atoms with van der Waals surface area (Å²) in [6.45, 7) is 9.01. The van der Waals surface area contributed by atoms with E-state index >= 15 is 0 Å². The van der Waals surface area contributed by atoms with Crippen molar-refractivity contribution in [3.05, 3.63) is 56.7 Å². The monoisotopic (exact) mass is 385 g/mol. The fraction of sp³-hybridized carbons (Fsp3) is 0.350. The Hall–Kier alpha value is -2.51. The van der Waals surface area contributed by atoms with E-state index in [1.807, 2.05) is 18.2 Å². The van der Waals surface area contributed by atoms with Crippen molar-refractivity contribution >= 4 is 42.9 Å². The first-order valence-electron chi connectivity index (χ1n) is 9.08. The number of anilines is 1. The van der Waals surface area contributed by atoms with Crippen LogP contribution < -0.4 is 10.7 Å². The number of nitrogens with zero attached hydrogens (tertiary/aromatic N) is 2. The predicted molar refractivity (Wildman–Crippen MR) is 113 cm³/mol. The number of hydrogen-bond donors (Lipinski definition) is 1. The molecular weight excluding hydrogens is 362 g/mol. The highest BCUT2D eigenvalue weighted by Gasteiger charge is 2.20. The van der Waals surface area contributed by atoms with E-state index in [1.165, 1.54) is 17.4 Å². The van der Waals surface area contributed by atoms with Crippen molar-refractivity contribution in [3.8, 4) is 0 Å². The van der Waals surface area contributed by atoms with Gasteiger partial charge in [-0.05, 0) is 38.2 Å². The molecule has 0 aliphatic rings. The maximum absolute atomic E-state index is 13.1. The third-order valence-electron chi connectivity index (χ3n) is 4.73. The Labute approximate surface area is 161 Å². The van der Waals surface area contributed by atoms with Gasteiger partial charge in [0, 0.05) is 34.4 Å². The molecule has 3 aromatic rings. The Bertz CT molecular complexity index is 1040. The normalized spacial score (nSPS) is 12.6. The second-order valence-corrected chi connectivity index (χ2v) is 7.60. The van der Waals surface area contributed by atoms with Crippen LogP contribution in [0.3, 0.4) is 0 Å². The van der Waals surface area contributed by atoms with E-state index in [0.717, 1.165) is 24.3 Å². The molecule has 0 aliphatic carbocycles. The van der Waals surface area contributed by atoms with Gasteiger partial charge in [-0.2, -0.15) is 0 Å². The summed E-state index contributed by atoms with van der Waals surface area (Å²) in [4.78, 5) is 26.5. The van der Waals surface area contributed by atoms with Gasteiger partial charge < -0.3 is 10.2 Å². The Morgan fingerprint density at radius 3 is 2.56 bits per heavy atom. The van der Waals surface area contributed by atoms with Crippen molar-refractivity contribution in [1.29, 1.82) is 0 Å². The van der Waals surface area contributed by atoms with Crippen molar-refractivity contribution in [3.63, 3.8) is 0 Å². The number of benzene rings is 2. The molecule has 0 radical (unpaired) electrons. The van der Waals surface area contributed by atoms with Crippen molar-refractivity contribution in [2.45, 2.75) is 26.8 Å². The Morgan fingerprint density at radius 1 is 1.19 bits per heavy atom. The molecule has 0 saturated carbocycles. The third kappa shape index (κ3) is 3.79. The first kappa shape index (κ1) is 19.3. The van der Waals surface area contributed by atoms with Crippen LogP contribution in [0.15, 0.2) is 41.2 Å². The predicted octanol–water partition coefficient (Wildman–Crippen LogP) is 4.47. The second-order valence-electron chi connectivity index (χ2n) is 6.55. The molecule has 7 heteroatoms. The number of rotatable bonds is 7. The van der Waals surface area contributed by atoms with Crippen LogP contribution >= 0.6 is 11.3 Å². The highest BCUT2D eigenvalue weighted by Crippen LogP contribution is 2.35. The van der Waals surface area contributed by atoms with Crippen LogP contribution in [-0.4, -0.2) is 35.5 Å². The van der Waals surface area contributed by atoms with Gasteiger partial charge >= 0.3 is 0 Å². The van der Waals surface area contributed by atoms with Gasteiger partial charge in [0.2, 0.25) is 0 Å². The summed E-state index contributed by atoms with van der Waals surface area (Å²) >= 11 is 1.29. The van der Waals surface area contributed by atoms with Gasteiger partial charge in [0.05, 0.1) is 10.3 Å². The fourth-order valence-corrected chi connectivity index (χ4v) is 4.52. The minimum Gasteiger partial charge on any atom is -0.381 e. The minimum absolute atomic E-state index is 0.0280. The van der Waals surface area contributed by atoms with Crippen LogP contribution in [-0.2, 0) is 0 Å². The van der Waals surface area contributed by atoms with Gasteiger partial charge in [-0.25, -0.2) is 0 Å². The molecule has 0 unspecified atom stereocenters. The van der Waals surface area contributed by atoms with Crippen molar-refractivity contribution in [1.82, 2.24) is 4.90 Å². The van der Waals surface area contributed by atoms with Crippen LogP contribution in [0, 0.1) is 10.1 Å². The average Bonchev–Trinajstić information content (AvgIpc) is 2.66. The van der Waals surface area contributed by atoms with Crippen LogP contribution in [0.4, 0.5) is 11.4 Å². The fourth-order valence-electron chi connectivity index (χ4n) is 3.33. The van der Waals surface area contributed by atoms with Gasteiger partial charge in [-0.15, -0.1) is 11.3 Å². The number of fused-ring (bicyclic) bond motifs is 2. The van der Waals surface area contributed by atoms with Crippen molar-refractivity contribution in [2.24, 2.45) is 0 Å². The van der Waals surface area contributed by atoms with E-state index in [2.05, 4.69) is 31.0 Å². The Balaban J connectivity index is 2.16. The zero-order valence-corrected chi connectivity index (χ0v) is 16.5. The number of non-ortho nitro benzene ring substituents is 1. The van der Waals surface area contributed by atoms with Crippen molar-refractivity contribution < 1.29 is 4.92 Å². The van der Waals surface area contributed by atoms with E-state index in [9.17, 15) is 14.9 Å². The van der Waals surface area contributed by atoms with Gasteiger partial charge in [-0.3, -0.25) is 14.9 Å². The van der Waals surface area contributed by atoms with Crippen molar-refractivity contribution in [2.75, 3.05) is 25.0 Å². The zero-order valence-electron chi connectivity index (χ0n) is 15.7. The van der Waals surface area contributed by atoms with E-state index in [1.54, 1.807) is 12.1 Å². The maximum atomic E-state index is 13.1. The minimum atomic E-state index is -0.420. The number of hydrogen-bond acceptors (Lipinski definition) is 6. The van der Waals surface area contributed by atoms with Crippen LogP contribution in [0.5, 0.6) is 0 Å². The largest absolute Gasteiger partial charge is 0.381 e. The van der Waals surface area contributed by atoms with E-state index in [0.29, 0.717) is 21.2 Å². The highest BCUT2D eigenvalue weighted by molar-refractivity contribution is 7.25. The van der Waals surface area contributed by atoms with Crippen LogP contribution in [0.2, 0.25) is 0 Å². The molecule has 142 valence electrons. The molecule has 3 rings (SSSR count). The third-order valence-corrected chi connectivity index (χ3v) is 5.93. The molecule has 0 fully saturated rings. The summed E-state index contributed by atoms with van der Waals surface area (Å²) in [6, 6.07) is 10.5. The zero-order chi connectivity index (χ0) is 19.6. The Morgan fingerprint density at radius 2 is 1.89 bits per heavy atom. The molecule has 0 amide bonds. The molecule has 0 spiro atoms. The van der Waals surface area contributed by atoms with Gasteiger partial charge in [-0.1, -0.05) is 26.0 Å². The lowest BCUT2D eigenvalue weighted by Gasteiger charge is -2.24. The molecule has 6 nitrogen and oxygen atoms in total. The van der Waals surface area contributed by atoms with E-state index < -0.39 is 4.92 Å². The van der Waals surface area contributed by atoms with E-state index in [4.69, 9.17) is 0 Å². The number of nitro groups is 1. The summed E-state index contributed by atoms with van der Waals surface area (Å²) in [5.41, 5.74) is 0.461. The maximum Gasteiger partial charge on any atom is 0.287 e. The second kappa shape index (κ2) is 8.02. The molecule has 27 heavy (non-hydrogen) atoms. The molecule has 1 atom stereocenters. The highest BCUT2D eigenvalue weighted by atomic mass is 32.1. The lowest BCUT2D eigenvalue weighted by Crippen LogP contribution is -2.34. The first-order valence-corrected chi connectivity index (χ1v) is 9.89. The summed E-state index contributed by atoms with van der Waals surface area (Å²) in [5.74, 6) is 0. The molecule has 1 N–H and O–H groups in total. The molecule has 2 aromatic carbocycles. The molecule has 0 aliphatic heterocycles. The lowest BCUT2D eigenvalue weighted by molar-refractivity contribution is -0.382. The Kier molecular flexibility index (Phi) is 5.72. The molecule has 1 aromatic heterocycles. The molecule has 0 saturated heterocycles. The number of nitro benzene ring substituents is 1. The number of likely N-dealkylation sites (N-methyl/N-ethyl adjacent to an activating group) is 1. The molecular formula is C20H23N3O3S. The summed E-state index contributed by atoms with van der Waals surface area (Å²) in [6.07, 6.45) is 0. The smallest absolute Gasteiger partial charge is 0.287 e. The summed E-state index contributed by atoms with van der Waals surface area (Å²) in [5, 5.41) is 15.9.